The minimum atomic E-state index is -0.552. The zero-order valence-electron chi connectivity index (χ0n) is 17.3. The smallest absolute Gasteiger partial charge is 0.312 e. The Bertz CT molecular complexity index is 908. The van der Waals surface area contributed by atoms with E-state index in [9.17, 15) is 9.18 Å². The summed E-state index contributed by atoms with van der Waals surface area (Å²) in [5, 5.41) is 2.60. The third-order valence-corrected chi connectivity index (χ3v) is 5.45. The molecule has 0 bridgehead atoms. The van der Waals surface area contributed by atoms with Crippen LogP contribution >= 0.6 is 0 Å². The molecule has 10 heteroatoms. The van der Waals surface area contributed by atoms with Gasteiger partial charge in [0.15, 0.2) is 0 Å². The van der Waals surface area contributed by atoms with Crippen LogP contribution in [0.5, 0.6) is 11.9 Å². The van der Waals surface area contributed by atoms with E-state index in [0.717, 1.165) is 38.5 Å². The van der Waals surface area contributed by atoms with Crippen LogP contribution < -0.4 is 20.5 Å². The van der Waals surface area contributed by atoms with Crippen LogP contribution in [0.25, 0.3) is 11.0 Å². The average Bonchev–Trinajstić information content (AvgIpc) is 3.46. The van der Waals surface area contributed by atoms with Crippen LogP contribution in [-0.4, -0.2) is 51.5 Å². The zero-order valence-corrected chi connectivity index (χ0v) is 17.3. The molecule has 2 fully saturated rings. The van der Waals surface area contributed by atoms with Gasteiger partial charge in [0, 0.05) is 7.05 Å². The molecule has 2 aromatic heterocycles. The van der Waals surface area contributed by atoms with Gasteiger partial charge in [0.1, 0.15) is 23.2 Å². The second-order valence-electron chi connectivity index (χ2n) is 8.14. The lowest BCUT2D eigenvalue weighted by molar-refractivity contribution is -0.00550. The molecule has 1 atom stereocenters. The number of amides is 2. The number of halogens is 1. The Kier molecular flexibility index (Phi) is 5.94. The number of ether oxygens (including phenoxy) is 3. The second kappa shape index (κ2) is 8.63. The minimum Gasteiger partial charge on any atom is -0.472 e. The van der Waals surface area contributed by atoms with Crippen molar-refractivity contribution in [2.24, 2.45) is 12.8 Å². The van der Waals surface area contributed by atoms with Gasteiger partial charge in [0.05, 0.1) is 24.9 Å². The van der Waals surface area contributed by atoms with Gasteiger partial charge in [0.2, 0.25) is 5.82 Å². The number of nitrogens with one attached hydrogen (secondary N) is 1. The summed E-state index contributed by atoms with van der Waals surface area (Å²) in [7, 11) is 1.73. The Morgan fingerprint density at radius 2 is 1.87 bits per heavy atom. The highest BCUT2D eigenvalue weighted by Crippen LogP contribution is 2.32. The van der Waals surface area contributed by atoms with Crippen molar-refractivity contribution in [2.75, 3.05) is 6.61 Å². The lowest BCUT2D eigenvalue weighted by atomic mass is 9.95. The summed E-state index contributed by atoms with van der Waals surface area (Å²) < 4.78 is 33.9. The van der Waals surface area contributed by atoms with E-state index in [2.05, 4.69) is 15.3 Å². The van der Waals surface area contributed by atoms with E-state index in [4.69, 9.17) is 19.9 Å². The zero-order chi connectivity index (χ0) is 21.3. The molecular formula is C20H28FN5O4. The third-order valence-electron chi connectivity index (χ3n) is 5.45. The lowest BCUT2D eigenvalue weighted by Crippen LogP contribution is -2.40. The summed E-state index contributed by atoms with van der Waals surface area (Å²) in [6.45, 7) is 2.27. The van der Waals surface area contributed by atoms with Crippen molar-refractivity contribution in [1.82, 2.24) is 19.9 Å². The molecule has 4 rings (SSSR count). The topological polar surface area (TPSA) is 114 Å². The van der Waals surface area contributed by atoms with E-state index in [1.54, 1.807) is 11.6 Å². The largest absolute Gasteiger partial charge is 0.472 e. The molecule has 0 aromatic carbocycles. The molecule has 0 radical (unpaired) electrons. The van der Waals surface area contributed by atoms with Crippen molar-refractivity contribution in [3.05, 3.63) is 12.0 Å². The molecule has 0 aliphatic heterocycles. The van der Waals surface area contributed by atoms with Gasteiger partial charge in [-0.1, -0.05) is 0 Å². The molecule has 3 N–H and O–H groups in total. The molecule has 2 aromatic rings. The fourth-order valence-corrected chi connectivity index (χ4v) is 3.69. The van der Waals surface area contributed by atoms with E-state index in [0.29, 0.717) is 23.7 Å². The van der Waals surface area contributed by atoms with E-state index in [1.807, 2.05) is 6.92 Å². The number of hydrogen-bond donors (Lipinski definition) is 2. The third kappa shape index (κ3) is 4.75. The molecule has 2 aliphatic carbocycles. The van der Waals surface area contributed by atoms with Gasteiger partial charge in [-0.2, -0.15) is 9.37 Å². The average molecular weight is 421 g/mol. The fraction of sp³-hybridized carbons (Fsp3) is 0.650. The highest BCUT2D eigenvalue weighted by Gasteiger charge is 2.28. The quantitative estimate of drug-likeness (QED) is 0.677. The molecule has 2 saturated carbocycles. The molecule has 30 heavy (non-hydrogen) atoms. The molecule has 2 heterocycles. The molecule has 2 aliphatic rings. The maximum Gasteiger partial charge on any atom is 0.312 e. The maximum atomic E-state index is 14.8. The van der Waals surface area contributed by atoms with E-state index < -0.39 is 11.8 Å². The van der Waals surface area contributed by atoms with Crippen molar-refractivity contribution >= 4 is 17.1 Å². The number of aromatic nitrogens is 3. The number of nitrogens with two attached hydrogens (primary N) is 1. The number of carbonyl (C=O) groups excluding carboxylic acids is 1. The number of aryl methyl sites for hydroxylation is 1. The van der Waals surface area contributed by atoms with Crippen molar-refractivity contribution < 1.29 is 23.4 Å². The molecule has 9 nitrogen and oxygen atoms in total. The lowest BCUT2D eigenvalue weighted by Gasteiger charge is -2.29. The summed E-state index contributed by atoms with van der Waals surface area (Å²) in [4.78, 5) is 19.3. The summed E-state index contributed by atoms with van der Waals surface area (Å²) in [5.41, 5.74) is 5.89. The number of nitrogens with zero attached hydrogens (tertiary/aromatic N) is 3. The van der Waals surface area contributed by atoms with Crippen LogP contribution in [0.1, 0.15) is 45.4 Å². The maximum absolute atomic E-state index is 14.8. The highest BCUT2D eigenvalue weighted by atomic mass is 19.1. The normalized spacial score (nSPS) is 22.6. The Balaban J connectivity index is 1.33. The van der Waals surface area contributed by atoms with Crippen molar-refractivity contribution in [2.45, 2.75) is 69.8 Å². The predicted octanol–water partition coefficient (Wildman–Crippen LogP) is 2.41. The standard InChI is InChI=1S/C20H28FN5O4/c1-11(24-19(22)27)10-28-12-3-5-14(6-4-12)30-20-25-15-9-23-18(29-13-7-8-13)16(21)17(15)26(20)2/h9,11-14H,3-8,10H2,1-2H3,(H3,22,24,27)/t11-,12?,14?/m0/s1. The van der Waals surface area contributed by atoms with E-state index in [-0.39, 0.29) is 30.2 Å². The minimum absolute atomic E-state index is 0.0141. The summed E-state index contributed by atoms with van der Waals surface area (Å²) in [6, 6.07) is -0.310. The van der Waals surface area contributed by atoms with Crippen LogP contribution in [0.4, 0.5) is 9.18 Å². The molecule has 2 amide bonds. The summed E-state index contributed by atoms with van der Waals surface area (Å²) >= 11 is 0. The summed E-state index contributed by atoms with van der Waals surface area (Å²) in [5.74, 6) is -0.475. The van der Waals surface area contributed by atoms with Crippen LogP contribution in [-0.2, 0) is 11.8 Å². The number of pyridine rings is 1. The number of carbonyl (C=O) groups is 1. The Hall–Kier alpha value is -2.62. The van der Waals surface area contributed by atoms with Crippen molar-refractivity contribution in [3.8, 4) is 11.9 Å². The van der Waals surface area contributed by atoms with Crippen LogP contribution in [0, 0.1) is 5.82 Å². The van der Waals surface area contributed by atoms with Gasteiger partial charge in [-0.3, -0.25) is 4.57 Å². The fourth-order valence-electron chi connectivity index (χ4n) is 3.69. The molecule has 0 saturated heterocycles. The Labute approximate surface area is 174 Å². The van der Waals surface area contributed by atoms with E-state index >= 15 is 0 Å². The first-order valence-electron chi connectivity index (χ1n) is 10.4. The molecule has 0 unspecified atom stereocenters. The molecule has 164 valence electrons. The Morgan fingerprint density at radius 1 is 1.23 bits per heavy atom. The van der Waals surface area contributed by atoms with Crippen molar-refractivity contribution in [1.29, 1.82) is 0 Å². The van der Waals surface area contributed by atoms with Crippen LogP contribution in [0.2, 0.25) is 0 Å². The van der Waals surface area contributed by atoms with Gasteiger partial charge in [-0.25, -0.2) is 9.78 Å². The van der Waals surface area contributed by atoms with Gasteiger partial charge >= 0.3 is 6.03 Å². The van der Waals surface area contributed by atoms with Crippen LogP contribution in [0.15, 0.2) is 6.20 Å². The second-order valence-corrected chi connectivity index (χ2v) is 8.14. The van der Waals surface area contributed by atoms with E-state index in [1.165, 1.54) is 6.20 Å². The van der Waals surface area contributed by atoms with Crippen LogP contribution in [0.3, 0.4) is 0 Å². The first-order valence-corrected chi connectivity index (χ1v) is 10.4. The van der Waals surface area contributed by atoms with Gasteiger partial charge in [-0.15, -0.1) is 0 Å². The monoisotopic (exact) mass is 421 g/mol. The Morgan fingerprint density at radius 3 is 2.53 bits per heavy atom. The van der Waals surface area contributed by atoms with Crippen molar-refractivity contribution in [3.63, 3.8) is 0 Å². The SMILES string of the molecule is C[C@@H](COC1CCC(Oc2nc3cnc(OC4CC4)c(F)c3n2C)CC1)NC(N)=O. The highest BCUT2D eigenvalue weighted by molar-refractivity contribution is 5.77. The number of primary amides is 1. The number of imidazole rings is 1. The first kappa shape index (κ1) is 20.6. The molecule has 0 spiro atoms. The number of hydrogen-bond acceptors (Lipinski definition) is 6. The molecular weight excluding hydrogens is 393 g/mol. The number of rotatable bonds is 8. The van der Waals surface area contributed by atoms with Gasteiger partial charge < -0.3 is 25.3 Å². The number of urea groups is 1. The number of fused-ring (bicyclic) bond motifs is 1. The van der Waals surface area contributed by atoms with Gasteiger partial charge in [0.25, 0.3) is 11.9 Å². The first-order chi connectivity index (χ1) is 14.4. The van der Waals surface area contributed by atoms with Gasteiger partial charge in [-0.05, 0) is 45.4 Å². The summed E-state index contributed by atoms with van der Waals surface area (Å²) in [6.07, 6.45) is 6.86. The predicted molar refractivity (Wildman–Crippen MR) is 107 cm³/mol.